The summed E-state index contributed by atoms with van der Waals surface area (Å²) in [6.45, 7) is 7.42. The highest BCUT2D eigenvalue weighted by Gasteiger charge is 2.29. The third-order valence-corrected chi connectivity index (χ3v) is 3.73. The molecule has 0 radical (unpaired) electrons. The van der Waals surface area contributed by atoms with Gasteiger partial charge in [-0.25, -0.2) is 0 Å². The van der Waals surface area contributed by atoms with E-state index in [2.05, 4.69) is 26.1 Å². The Balaban J connectivity index is 1.98. The highest BCUT2D eigenvalue weighted by molar-refractivity contribution is 7.99. The molecule has 0 bridgehead atoms. The van der Waals surface area contributed by atoms with Gasteiger partial charge in [-0.2, -0.15) is 11.8 Å². The Hall–Kier alpha value is 0.270. The van der Waals surface area contributed by atoms with Crippen LogP contribution in [0.2, 0.25) is 0 Å². The second-order valence-corrected chi connectivity index (χ2v) is 5.29. The third-order valence-electron chi connectivity index (χ3n) is 2.59. The molecule has 84 valence electrons. The minimum atomic E-state index is 0.531. The van der Waals surface area contributed by atoms with E-state index in [1.807, 2.05) is 11.8 Å². The van der Waals surface area contributed by atoms with E-state index < -0.39 is 0 Å². The van der Waals surface area contributed by atoms with Crippen molar-refractivity contribution in [3.05, 3.63) is 0 Å². The molecule has 1 fully saturated rings. The molecule has 1 aliphatic carbocycles. The van der Waals surface area contributed by atoms with Crippen LogP contribution in [0.5, 0.6) is 0 Å². The van der Waals surface area contributed by atoms with Crippen molar-refractivity contribution < 1.29 is 4.74 Å². The molecule has 14 heavy (non-hydrogen) atoms. The summed E-state index contributed by atoms with van der Waals surface area (Å²) in [5.41, 5.74) is 0. The van der Waals surface area contributed by atoms with E-state index >= 15 is 0 Å². The molecule has 1 unspecified atom stereocenters. The van der Waals surface area contributed by atoms with E-state index in [9.17, 15) is 0 Å². The lowest BCUT2D eigenvalue weighted by atomic mass is 9.89. The molecule has 2 nitrogen and oxygen atoms in total. The van der Waals surface area contributed by atoms with Crippen LogP contribution in [-0.2, 0) is 4.74 Å². The summed E-state index contributed by atoms with van der Waals surface area (Å²) in [6.07, 6.45) is 2.94. The van der Waals surface area contributed by atoms with Gasteiger partial charge >= 0.3 is 0 Å². The Morgan fingerprint density at radius 2 is 2.14 bits per heavy atom. The molecule has 0 aromatic carbocycles. The first kappa shape index (κ1) is 12.3. The molecule has 0 heterocycles. The summed E-state index contributed by atoms with van der Waals surface area (Å²) in [5, 5.41) is 3.64. The summed E-state index contributed by atoms with van der Waals surface area (Å²) in [7, 11) is 0. The van der Waals surface area contributed by atoms with Gasteiger partial charge in [-0.05, 0) is 32.4 Å². The largest absolute Gasteiger partial charge is 0.378 e. The monoisotopic (exact) mass is 217 g/mol. The fourth-order valence-electron chi connectivity index (χ4n) is 1.82. The van der Waals surface area contributed by atoms with E-state index in [-0.39, 0.29) is 0 Å². The molecule has 1 atom stereocenters. The zero-order chi connectivity index (χ0) is 10.4. The first-order valence-electron chi connectivity index (χ1n) is 5.71. The number of nitrogens with one attached hydrogen (secondary N) is 1. The average Bonchev–Trinajstić information content (AvgIpc) is 2.11. The fraction of sp³-hybridized carbons (Fsp3) is 1.00. The van der Waals surface area contributed by atoms with E-state index in [1.165, 1.54) is 24.3 Å². The molecule has 1 aliphatic rings. The van der Waals surface area contributed by atoms with Crippen molar-refractivity contribution in [3.8, 4) is 0 Å². The predicted molar refractivity (Wildman–Crippen MR) is 64.0 cm³/mol. The van der Waals surface area contributed by atoms with Gasteiger partial charge in [0.1, 0.15) is 0 Å². The lowest BCUT2D eigenvalue weighted by molar-refractivity contribution is -0.0113. The van der Waals surface area contributed by atoms with Crippen LogP contribution in [0.25, 0.3) is 0 Å². The molecule has 0 spiro atoms. The van der Waals surface area contributed by atoms with Crippen LogP contribution in [0.1, 0.15) is 33.6 Å². The Kier molecular flexibility index (Phi) is 5.90. The van der Waals surface area contributed by atoms with Gasteiger partial charge in [0.05, 0.1) is 6.10 Å². The van der Waals surface area contributed by atoms with Crippen LogP contribution in [0.4, 0.5) is 0 Å². The number of hydrogen-bond acceptors (Lipinski definition) is 3. The first-order chi connectivity index (χ1) is 6.76. The lowest BCUT2D eigenvalue weighted by Gasteiger charge is -2.37. The third kappa shape index (κ3) is 4.20. The predicted octanol–water partition coefficient (Wildman–Crippen LogP) is 2.29. The molecule has 3 heteroatoms. The number of ether oxygens (including phenoxy) is 1. The highest BCUT2D eigenvalue weighted by atomic mass is 32.2. The normalized spacial score (nSPS) is 28.5. The van der Waals surface area contributed by atoms with Crippen molar-refractivity contribution in [2.75, 3.05) is 18.1 Å². The fourth-order valence-corrected chi connectivity index (χ4v) is 2.50. The Morgan fingerprint density at radius 1 is 1.43 bits per heavy atom. The topological polar surface area (TPSA) is 21.3 Å². The second kappa shape index (κ2) is 6.70. The second-order valence-electron chi connectivity index (χ2n) is 3.97. The molecular weight excluding hydrogens is 194 g/mol. The van der Waals surface area contributed by atoms with Gasteiger partial charge in [0, 0.05) is 24.4 Å². The van der Waals surface area contributed by atoms with Crippen LogP contribution in [0.15, 0.2) is 0 Å². The number of thioether (sulfide) groups is 1. The minimum absolute atomic E-state index is 0.531. The Labute approximate surface area is 92.2 Å². The molecule has 1 N–H and O–H groups in total. The van der Waals surface area contributed by atoms with Crippen molar-refractivity contribution in [1.82, 2.24) is 5.32 Å². The summed E-state index contributed by atoms with van der Waals surface area (Å²) in [4.78, 5) is 0. The van der Waals surface area contributed by atoms with E-state index in [0.29, 0.717) is 18.2 Å². The van der Waals surface area contributed by atoms with Crippen LogP contribution in [0.3, 0.4) is 0 Å². The van der Waals surface area contributed by atoms with Gasteiger partial charge in [0.2, 0.25) is 0 Å². The molecule has 0 aromatic rings. The van der Waals surface area contributed by atoms with Gasteiger partial charge in [0.15, 0.2) is 0 Å². The van der Waals surface area contributed by atoms with Gasteiger partial charge < -0.3 is 10.1 Å². The summed E-state index contributed by atoms with van der Waals surface area (Å²) < 4.78 is 5.53. The Bertz CT molecular complexity index is 148. The smallest absolute Gasteiger partial charge is 0.0604 e. The molecule has 0 aromatic heterocycles. The molecule has 1 saturated carbocycles. The van der Waals surface area contributed by atoms with Gasteiger partial charge in [0.25, 0.3) is 0 Å². The van der Waals surface area contributed by atoms with Crippen molar-refractivity contribution in [3.63, 3.8) is 0 Å². The minimum Gasteiger partial charge on any atom is -0.378 e. The van der Waals surface area contributed by atoms with Gasteiger partial charge in [-0.3, -0.25) is 0 Å². The standard InChI is InChI=1S/C11H23NOS/c1-4-13-11-6-10(7-11)12-9(3)8-14-5-2/h9-12H,4-8H2,1-3H3. The zero-order valence-electron chi connectivity index (χ0n) is 9.58. The number of hydrogen-bond donors (Lipinski definition) is 1. The number of rotatable bonds is 7. The van der Waals surface area contributed by atoms with Crippen molar-refractivity contribution in [1.29, 1.82) is 0 Å². The molecule has 1 rings (SSSR count). The Morgan fingerprint density at radius 3 is 2.71 bits per heavy atom. The summed E-state index contributed by atoms with van der Waals surface area (Å²) >= 11 is 2.01. The van der Waals surface area contributed by atoms with Crippen molar-refractivity contribution >= 4 is 11.8 Å². The quantitative estimate of drug-likeness (QED) is 0.707. The maximum atomic E-state index is 5.53. The summed E-state index contributed by atoms with van der Waals surface area (Å²) in [6, 6.07) is 1.35. The van der Waals surface area contributed by atoms with Crippen molar-refractivity contribution in [2.45, 2.75) is 51.8 Å². The van der Waals surface area contributed by atoms with Crippen LogP contribution in [-0.4, -0.2) is 36.3 Å². The van der Waals surface area contributed by atoms with Gasteiger partial charge in [-0.15, -0.1) is 0 Å². The van der Waals surface area contributed by atoms with Gasteiger partial charge in [-0.1, -0.05) is 6.92 Å². The summed E-state index contributed by atoms with van der Waals surface area (Å²) in [5.74, 6) is 2.45. The van der Waals surface area contributed by atoms with E-state index in [0.717, 1.165) is 6.61 Å². The SMILES string of the molecule is CCOC1CC(NC(C)CSCC)C1. The van der Waals surface area contributed by atoms with E-state index in [4.69, 9.17) is 4.74 Å². The van der Waals surface area contributed by atoms with Crippen molar-refractivity contribution in [2.24, 2.45) is 0 Å². The first-order valence-corrected chi connectivity index (χ1v) is 6.87. The average molecular weight is 217 g/mol. The maximum Gasteiger partial charge on any atom is 0.0604 e. The highest BCUT2D eigenvalue weighted by Crippen LogP contribution is 2.23. The zero-order valence-corrected chi connectivity index (χ0v) is 10.4. The molecule has 0 amide bonds. The van der Waals surface area contributed by atoms with Crippen LogP contribution >= 0.6 is 11.8 Å². The molecule has 0 saturated heterocycles. The van der Waals surface area contributed by atoms with E-state index in [1.54, 1.807) is 0 Å². The lowest BCUT2D eigenvalue weighted by Crippen LogP contribution is -2.49. The molecule has 0 aliphatic heterocycles. The van der Waals surface area contributed by atoms with Crippen LogP contribution in [0, 0.1) is 0 Å². The van der Waals surface area contributed by atoms with Crippen LogP contribution < -0.4 is 5.32 Å². The maximum absolute atomic E-state index is 5.53. The molecular formula is C11H23NOS.